The summed E-state index contributed by atoms with van der Waals surface area (Å²) < 4.78 is 7.46. The monoisotopic (exact) mass is 271 g/mol. The number of rotatable bonds is 4. The van der Waals surface area contributed by atoms with Gasteiger partial charge in [0.25, 0.3) is 0 Å². The van der Waals surface area contributed by atoms with Gasteiger partial charge in [-0.2, -0.15) is 5.10 Å². The van der Waals surface area contributed by atoms with Crippen molar-refractivity contribution in [1.29, 1.82) is 0 Å². The third kappa shape index (κ3) is 2.31. The molecule has 2 aromatic rings. The zero-order valence-electron chi connectivity index (χ0n) is 12.0. The molecule has 0 bridgehead atoms. The lowest BCUT2D eigenvalue weighted by molar-refractivity contribution is 0.298. The molecule has 4 heteroatoms. The highest BCUT2D eigenvalue weighted by molar-refractivity contribution is 5.40. The average molecular weight is 271 g/mol. The molecule has 1 aromatic carbocycles. The number of ether oxygens (including phenoxy) is 1. The van der Waals surface area contributed by atoms with E-state index in [0.29, 0.717) is 12.1 Å². The van der Waals surface area contributed by atoms with Crippen molar-refractivity contribution in [2.24, 2.45) is 0 Å². The van der Waals surface area contributed by atoms with Gasteiger partial charge in [0, 0.05) is 12.4 Å². The Balaban J connectivity index is 2.00. The smallest absolute Gasteiger partial charge is 0.119 e. The van der Waals surface area contributed by atoms with Crippen LogP contribution in [0, 0.1) is 0 Å². The van der Waals surface area contributed by atoms with Crippen LogP contribution in [0.15, 0.2) is 36.7 Å². The Morgan fingerprint density at radius 2 is 2.35 bits per heavy atom. The molecule has 0 aliphatic heterocycles. The van der Waals surface area contributed by atoms with E-state index in [1.54, 1.807) is 7.11 Å². The number of hydrogen-bond donors (Lipinski definition) is 1. The number of fused-ring (bicyclic) bond motifs is 1. The lowest BCUT2D eigenvalue weighted by atomic mass is 9.84. The highest BCUT2D eigenvalue weighted by atomic mass is 16.5. The van der Waals surface area contributed by atoms with Gasteiger partial charge in [-0.1, -0.05) is 13.0 Å². The van der Waals surface area contributed by atoms with Gasteiger partial charge in [0.15, 0.2) is 0 Å². The van der Waals surface area contributed by atoms with Crippen LogP contribution in [-0.4, -0.2) is 23.4 Å². The minimum Gasteiger partial charge on any atom is -0.497 e. The van der Waals surface area contributed by atoms with Crippen LogP contribution in [0.4, 0.5) is 0 Å². The van der Waals surface area contributed by atoms with Gasteiger partial charge in [0.05, 0.1) is 19.2 Å². The third-order valence-electron chi connectivity index (χ3n) is 4.07. The number of hydrogen-bond acceptors (Lipinski definition) is 3. The predicted molar refractivity (Wildman–Crippen MR) is 79.0 cm³/mol. The Bertz CT molecular complexity index is 565. The molecule has 0 radical (unpaired) electrons. The number of aryl methyl sites for hydroxylation is 1. The van der Waals surface area contributed by atoms with Gasteiger partial charge < -0.3 is 10.1 Å². The molecule has 1 N–H and O–H groups in total. The summed E-state index contributed by atoms with van der Waals surface area (Å²) in [6.45, 7) is 3.09. The number of nitrogens with one attached hydrogen (secondary N) is 1. The molecular formula is C16H21N3O. The minimum atomic E-state index is 0.291. The second-order valence-corrected chi connectivity index (χ2v) is 5.19. The van der Waals surface area contributed by atoms with E-state index in [4.69, 9.17) is 4.74 Å². The highest BCUT2D eigenvalue weighted by Gasteiger charge is 2.30. The minimum absolute atomic E-state index is 0.291. The van der Waals surface area contributed by atoms with Crippen molar-refractivity contribution in [2.45, 2.75) is 31.8 Å². The van der Waals surface area contributed by atoms with E-state index >= 15 is 0 Å². The Morgan fingerprint density at radius 1 is 1.45 bits per heavy atom. The van der Waals surface area contributed by atoms with Crippen LogP contribution < -0.4 is 10.1 Å². The molecule has 1 aliphatic carbocycles. The second-order valence-electron chi connectivity index (χ2n) is 5.19. The number of methoxy groups -OCH3 is 1. The van der Waals surface area contributed by atoms with Crippen LogP contribution in [-0.2, 0) is 6.42 Å². The van der Waals surface area contributed by atoms with Gasteiger partial charge in [-0.3, -0.25) is 4.68 Å². The number of benzene rings is 1. The number of aromatic nitrogens is 2. The van der Waals surface area contributed by atoms with E-state index in [2.05, 4.69) is 46.4 Å². The van der Waals surface area contributed by atoms with Crippen LogP contribution >= 0.6 is 0 Å². The van der Waals surface area contributed by atoms with E-state index < -0.39 is 0 Å². The van der Waals surface area contributed by atoms with Gasteiger partial charge in [-0.15, -0.1) is 0 Å². The van der Waals surface area contributed by atoms with E-state index in [1.807, 2.05) is 12.3 Å². The summed E-state index contributed by atoms with van der Waals surface area (Å²) in [4.78, 5) is 0. The molecule has 0 saturated carbocycles. The zero-order valence-corrected chi connectivity index (χ0v) is 12.0. The fourth-order valence-electron chi connectivity index (χ4n) is 3.12. The fraction of sp³-hybridized carbons (Fsp3) is 0.438. The molecule has 4 nitrogen and oxygen atoms in total. The van der Waals surface area contributed by atoms with Crippen molar-refractivity contribution in [2.75, 3.05) is 13.7 Å². The van der Waals surface area contributed by atoms with E-state index in [-0.39, 0.29) is 0 Å². The maximum Gasteiger partial charge on any atom is 0.119 e. The molecular weight excluding hydrogens is 250 g/mol. The van der Waals surface area contributed by atoms with Crippen LogP contribution in [0.25, 0.3) is 0 Å². The lowest BCUT2D eigenvalue weighted by Gasteiger charge is -2.34. The Kier molecular flexibility index (Phi) is 3.74. The van der Waals surface area contributed by atoms with Crippen molar-refractivity contribution >= 4 is 0 Å². The quantitative estimate of drug-likeness (QED) is 0.929. The summed E-state index contributed by atoms with van der Waals surface area (Å²) in [6.07, 6.45) is 6.11. The summed E-state index contributed by atoms with van der Waals surface area (Å²) in [5.41, 5.74) is 2.76. The molecule has 1 aliphatic rings. The van der Waals surface area contributed by atoms with Crippen molar-refractivity contribution in [3.05, 3.63) is 47.8 Å². The number of likely N-dealkylation sites (N-methyl/N-ethyl adjacent to an activating group) is 1. The molecule has 20 heavy (non-hydrogen) atoms. The number of nitrogens with zero attached hydrogens (tertiary/aromatic N) is 2. The molecule has 1 aromatic heterocycles. The van der Waals surface area contributed by atoms with Crippen molar-refractivity contribution in [3.8, 4) is 5.75 Å². The first kappa shape index (κ1) is 13.2. The van der Waals surface area contributed by atoms with Gasteiger partial charge in [0.1, 0.15) is 5.75 Å². The Hall–Kier alpha value is -1.81. The molecule has 0 spiro atoms. The molecule has 2 unspecified atom stereocenters. The topological polar surface area (TPSA) is 39.1 Å². The zero-order chi connectivity index (χ0) is 13.9. The van der Waals surface area contributed by atoms with E-state index in [0.717, 1.165) is 25.1 Å². The summed E-state index contributed by atoms with van der Waals surface area (Å²) in [5.74, 6) is 0.924. The summed E-state index contributed by atoms with van der Waals surface area (Å²) in [7, 11) is 1.72. The van der Waals surface area contributed by atoms with Crippen LogP contribution in [0.2, 0.25) is 0 Å². The van der Waals surface area contributed by atoms with Gasteiger partial charge >= 0.3 is 0 Å². The fourth-order valence-corrected chi connectivity index (χ4v) is 3.12. The van der Waals surface area contributed by atoms with Crippen molar-refractivity contribution in [1.82, 2.24) is 15.1 Å². The van der Waals surface area contributed by atoms with E-state index in [1.165, 1.54) is 11.1 Å². The SMILES string of the molecule is CCNC1c2cc(OC)ccc2CCC1n1cccn1. The highest BCUT2D eigenvalue weighted by Crippen LogP contribution is 2.38. The molecule has 1 heterocycles. The van der Waals surface area contributed by atoms with Gasteiger partial charge in [-0.25, -0.2) is 0 Å². The maximum atomic E-state index is 5.38. The summed E-state index contributed by atoms with van der Waals surface area (Å²) >= 11 is 0. The molecule has 0 amide bonds. The molecule has 3 rings (SSSR count). The first-order valence-corrected chi connectivity index (χ1v) is 7.22. The summed E-state index contributed by atoms with van der Waals surface area (Å²) in [5, 5.41) is 8.05. The normalized spacial score (nSPS) is 21.5. The van der Waals surface area contributed by atoms with Gasteiger partial charge in [0.2, 0.25) is 0 Å². The van der Waals surface area contributed by atoms with Crippen molar-refractivity contribution < 1.29 is 4.74 Å². The third-order valence-corrected chi connectivity index (χ3v) is 4.07. The van der Waals surface area contributed by atoms with E-state index in [9.17, 15) is 0 Å². The summed E-state index contributed by atoms with van der Waals surface area (Å²) in [6, 6.07) is 9.05. The molecule has 106 valence electrons. The Morgan fingerprint density at radius 3 is 3.05 bits per heavy atom. The average Bonchev–Trinajstić information content (AvgIpc) is 3.01. The Labute approximate surface area is 119 Å². The second kappa shape index (κ2) is 5.67. The lowest BCUT2D eigenvalue weighted by Crippen LogP contribution is -2.34. The van der Waals surface area contributed by atoms with Crippen molar-refractivity contribution in [3.63, 3.8) is 0 Å². The largest absolute Gasteiger partial charge is 0.497 e. The van der Waals surface area contributed by atoms with Gasteiger partial charge in [-0.05, 0) is 48.7 Å². The first-order chi connectivity index (χ1) is 9.83. The standard InChI is InChI=1S/C16H21N3O/c1-3-17-16-14-11-13(20-2)7-5-12(14)6-8-15(16)19-10-4-9-18-19/h4-5,7,9-11,15-17H,3,6,8H2,1-2H3. The predicted octanol–water partition coefficient (Wildman–Crippen LogP) is 2.73. The molecule has 0 saturated heterocycles. The molecule has 0 fully saturated rings. The van der Waals surface area contributed by atoms with Crippen LogP contribution in [0.3, 0.4) is 0 Å². The molecule has 2 atom stereocenters. The maximum absolute atomic E-state index is 5.38. The van der Waals surface area contributed by atoms with Crippen LogP contribution in [0.1, 0.15) is 36.6 Å². The van der Waals surface area contributed by atoms with Crippen LogP contribution in [0.5, 0.6) is 5.75 Å². The first-order valence-electron chi connectivity index (χ1n) is 7.22.